The van der Waals surface area contributed by atoms with Gasteiger partial charge in [-0.25, -0.2) is 10.2 Å². The van der Waals surface area contributed by atoms with Crippen molar-refractivity contribution in [1.82, 2.24) is 5.43 Å². The molecule has 2 fully saturated rings. The molecule has 10 nitrogen and oxygen atoms in total. The molecule has 5 N–H and O–H groups in total. The minimum absolute atomic E-state index is 0.0279. The lowest BCUT2D eigenvalue weighted by Crippen LogP contribution is -2.38. The van der Waals surface area contributed by atoms with Crippen molar-refractivity contribution in [1.29, 1.82) is 0 Å². The first-order valence-electron chi connectivity index (χ1n) is 12.1. The largest absolute Gasteiger partial charge is 0.468 e. The van der Waals surface area contributed by atoms with Crippen LogP contribution in [0.3, 0.4) is 0 Å². The Labute approximate surface area is 210 Å². The molecule has 0 aromatic heterocycles. The lowest BCUT2D eigenvalue weighted by atomic mass is 9.70. The topological polar surface area (TPSA) is 161 Å². The molecule has 2 aliphatic carbocycles. The van der Waals surface area contributed by atoms with Gasteiger partial charge < -0.3 is 25.4 Å². The van der Waals surface area contributed by atoms with Crippen molar-refractivity contribution < 1.29 is 34.1 Å². The SMILES string of the molecule is CC(=O)C1CCC(C)(C)CC1O.COC(=O)CN.COC(=O)N/N=C(\C)C1CCC(C)(C)CC1O. The molecule has 2 saturated carbocycles. The smallest absolute Gasteiger partial charge is 0.427 e. The number of nitrogens with one attached hydrogen (secondary N) is 1. The number of hydrogen-bond donors (Lipinski definition) is 4. The van der Waals surface area contributed by atoms with E-state index in [0.29, 0.717) is 0 Å². The zero-order valence-electron chi connectivity index (χ0n) is 22.7. The summed E-state index contributed by atoms with van der Waals surface area (Å²) in [4.78, 5) is 31.8. The Balaban J connectivity index is 0.000000557. The van der Waals surface area contributed by atoms with Crippen LogP contribution >= 0.6 is 0 Å². The fraction of sp³-hybridized carbons (Fsp3) is 0.840. The first kappa shape index (κ1) is 33.0. The Kier molecular flexibility index (Phi) is 14.3. The molecule has 0 heterocycles. The van der Waals surface area contributed by atoms with Crippen LogP contribution in [0.15, 0.2) is 5.10 Å². The summed E-state index contributed by atoms with van der Waals surface area (Å²) in [6.45, 7) is 12.0. The van der Waals surface area contributed by atoms with E-state index in [1.807, 2.05) is 6.92 Å². The molecule has 4 unspecified atom stereocenters. The molecule has 4 atom stereocenters. The maximum atomic E-state index is 11.1. The van der Waals surface area contributed by atoms with Gasteiger partial charge in [-0.2, -0.15) is 5.10 Å². The van der Waals surface area contributed by atoms with Crippen LogP contribution in [0, 0.1) is 22.7 Å². The first-order chi connectivity index (χ1) is 16.1. The number of Topliss-reactive ketones (excluding diaryl/α,β-unsaturated/α-hetero) is 1. The van der Waals surface area contributed by atoms with Crippen LogP contribution < -0.4 is 11.2 Å². The summed E-state index contributed by atoms with van der Waals surface area (Å²) in [5.41, 5.74) is 8.24. The number of rotatable bonds is 4. The van der Waals surface area contributed by atoms with Crippen LogP contribution in [0.5, 0.6) is 0 Å². The monoisotopic (exact) mass is 501 g/mol. The summed E-state index contributed by atoms with van der Waals surface area (Å²) in [6.07, 6.45) is 3.99. The summed E-state index contributed by atoms with van der Waals surface area (Å²) >= 11 is 0. The summed E-state index contributed by atoms with van der Waals surface area (Å²) in [6, 6.07) is 0. The van der Waals surface area contributed by atoms with Crippen molar-refractivity contribution in [2.24, 2.45) is 33.5 Å². The summed E-state index contributed by atoms with van der Waals surface area (Å²) in [5.74, 6) is -0.314. The molecule has 35 heavy (non-hydrogen) atoms. The van der Waals surface area contributed by atoms with Crippen molar-refractivity contribution >= 4 is 23.6 Å². The Morgan fingerprint density at radius 3 is 1.69 bits per heavy atom. The van der Waals surface area contributed by atoms with E-state index in [1.165, 1.54) is 14.2 Å². The Morgan fingerprint density at radius 1 is 0.914 bits per heavy atom. The molecule has 0 aromatic carbocycles. The standard InChI is InChI=1S/C12H22N2O3.C10H18O2.C3H7NO2/c1-8(13-14-11(16)17-4)9-5-6-12(2,3)7-10(9)15;1-7(11)8-4-5-10(2,3)6-9(8)12;1-6-3(5)2-4/h9-10,15H,5-7H2,1-4H3,(H,14,16);8-9,12H,4-6H2,1-3H3;2,4H2,1H3/b13-8+;;. The fourth-order valence-corrected chi connectivity index (χ4v) is 4.41. The number of ketones is 1. The maximum absolute atomic E-state index is 11.1. The van der Waals surface area contributed by atoms with Crippen molar-refractivity contribution in [3.05, 3.63) is 0 Å². The van der Waals surface area contributed by atoms with Gasteiger partial charge in [-0.05, 0) is 63.2 Å². The molecule has 1 amide bonds. The van der Waals surface area contributed by atoms with Gasteiger partial charge in [0.25, 0.3) is 0 Å². The minimum atomic E-state index is -0.588. The zero-order chi connectivity index (χ0) is 27.4. The molecule has 204 valence electrons. The third-order valence-corrected chi connectivity index (χ3v) is 6.68. The molecule has 2 rings (SSSR count). The minimum Gasteiger partial charge on any atom is -0.468 e. The van der Waals surface area contributed by atoms with Gasteiger partial charge in [0.2, 0.25) is 0 Å². The van der Waals surface area contributed by atoms with Gasteiger partial charge in [0.1, 0.15) is 5.78 Å². The average molecular weight is 502 g/mol. The number of hydrogen-bond acceptors (Lipinski definition) is 9. The number of hydrazone groups is 1. The van der Waals surface area contributed by atoms with E-state index in [0.717, 1.165) is 44.2 Å². The molecule has 0 radical (unpaired) electrons. The van der Waals surface area contributed by atoms with Gasteiger partial charge in [0, 0.05) is 17.5 Å². The van der Waals surface area contributed by atoms with Gasteiger partial charge in [-0.15, -0.1) is 0 Å². The second-order valence-electron chi connectivity index (χ2n) is 10.9. The molecule has 0 saturated heterocycles. The quantitative estimate of drug-likeness (QED) is 0.260. The van der Waals surface area contributed by atoms with E-state index in [9.17, 15) is 24.6 Å². The van der Waals surface area contributed by atoms with Gasteiger partial charge in [-0.1, -0.05) is 27.7 Å². The molecule has 10 heteroatoms. The average Bonchev–Trinajstić information content (AvgIpc) is 2.75. The summed E-state index contributed by atoms with van der Waals surface area (Å²) in [7, 11) is 2.59. The van der Waals surface area contributed by atoms with E-state index in [1.54, 1.807) is 6.92 Å². The third kappa shape index (κ3) is 13.0. The van der Waals surface area contributed by atoms with E-state index in [2.05, 4.69) is 47.7 Å². The van der Waals surface area contributed by atoms with Crippen LogP contribution in [0.1, 0.15) is 80.1 Å². The number of esters is 1. The fourth-order valence-electron chi connectivity index (χ4n) is 4.41. The highest BCUT2D eigenvalue weighted by Gasteiger charge is 2.36. The second kappa shape index (κ2) is 15.2. The highest BCUT2D eigenvalue weighted by molar-refractivity contribution is 5.86. The number of aliphatic hydroxyl groups excluding tert-OH is 2. The number of nitrogens with two attached hydrogens (primary N) is 1. The zero-order valence-corrected chi connectivity index (χ0v) is 22.7. The normalized spacial score (nSPS) is 27.1. The summed E-state index contributed by atoms with van der Waals surface area (Å²) < 4.78 is 8.56. The molecule has 0 aromatic rings. The number of ether oxygens (including phenoxy) is 2. The van der Waals surface area contributed by atoms with Gasteiger partial charge in [0.05, 0.1) is 33.0 Å². The predicted octanol–water partition coefficient (Wildman–Crippen LogP) is 2.79. The lowest BCUT2D eigenvalue weighted by molar-refractivity contribution is -0.138. The van der Waals surface area contributed by atoms with Crippen LogP contribution in [0.2, 0.25) is 0 Å². The van der Waals surface area contributed by atoms with Crippen LogP contribution in [-0.2, 0) is 19.1 Å². The van der Waals surface area contributed by atoms with Crippen molar-refractivity contribution in [3.63, 3.8) is 0 Å². The van der Waals surface area contributed by atoms with Gasteiger partial charge >= 0.3 is 12.1 Å². The van der Waals surface area contributed by atoms with E-state index in [4.69, 9.17) is 5.73 Å². The summed E-state index contributed by atoms with van der Waals surface area (Å²) in [5, 5.41) is 23.7. The van der Waals surface area contributed by atoms with Crippen LogP contribution in [-0.4, -0.2) is 66.7 Å². The Hall–Kier alpha value is -2.04. The van der Waals surface area contributed by atoms with Crippen LogP contribution in [0.4, 0.5) is 4.79 Å². The number of carbonyl (C=O) groups excluding carboxylic acids is 3. The first-order valence-corrected chi connectivity index (χ1v) is 12.1. The van der Waals surface area contributed by atoms with Crippen molar-refractivity contribution in [2.45, 2.75) is 92.3 Å². The molecule has 0 bridgehead atoms. The highest BCUT2D eigenvalue weighted by Crippen LogP contribution is 2.39. The second-order valence-corrected chi connectivity index (χ2v) is 10.9. The molecule has 0 spiro atoms. The number of carbonyl (C=O) groups is 3. The molecular weight excluding hydrogens is 454 g/mol. The van der Waals surface area contributed by atoms with E-state index >= 15 is 0 Å². The number of aliphatic hydroxyl groups is 2. The third-order valence-electron chi connectivity index (χ3n) is 6.68. The molecule has 0 aliphatic heterocycles. The molecule has 2 aliphatic rings. The Morgan fingerprint density at radius 2 is 1.37 bits per heavy atom. The number of amides is 1. The number of nitrogens with zero attached hydrogens (tertiary/aromatic N) is 1. The van der Waals surface area contributed by atoms with E-state index < -0.39 is 12.2 Å². The van der Waals surface area contributed by atoms with E-state index in [-0.39, 0.29) is 47.1 Å². The predicted molar refractivity (Wildman–Crippen MR) is 135 cm³/mol. The highest BCUT2D eigenvalue weighted by atomic mass is 16.5. The van der Waals surface area contributed by atoms with Crippen molar-refractivity contribution in [2.75, 3.05) is 20.8 Å². The van der Waals surface area contributed by atoms with Crippen molar-refractivity contribution in [3.8, 4) is 0 Å². The molecular formula is C25H47N3O7. The Bertz CT molecular complexity index is 716. The number of methoxy groups -OCH3 is 2. The lowest BCUT2D eigenvalue weighted by Gasteiger charge is -2.38. The van der Waals surface area contributed by atoms with Gasteiger partial charge in [-0.3, -0.25) is 9.59 Å². The van der Waals surface area contributed by atoms with Gasteiger partial charge in [0.15, 0.2) is 0 Å². The maximum Gasteiger partial charge on any atom is 0.427 e. The van der Waals surface area contributed by atoms with Crippen LogP contribution in [0.25, 0.3) is 0 Å².